The van der Waals surface area contributed by atoms with Crippen molar-refractivity contribution in [3.05, 3.63) is 43.2 Å². The van der Waals surface area contributed by atoms with E-state index in [1.165, 1.54) is 30.6 Å². The van der Waals surface area contributed by atoms with E-state index in [1.54, 1.807) is 7.11 Å². The van der Waals surface area contributed by atoms with Crippen LogP contribution in [0.4, 0.5) is 0 Å². The summed E-state index contributed by atoms with van der Waals surface area (Å²) in [6, 6.07) is 5.91. The summed E-state index contributed by atoms with van der Waals surface area (Å²) in [4.78, 5) is 8.44. The van der Waals surface area contributed by atoms with Crippen LogP contribution in [0.5, 0.6) is 11.6 Å². The first-order chi connectivity index (χ1) is 12.6. The molecule has 0 spiro atoms. The molecular weight excluding hydrogens is 366 g/mol. The zero-order valence-corrected chi connectivity index (χ0v) is 16.1. The van der Waals surface area contributed by atoms with Crippen LogP contribution in [-0.4, -0.2) is 40.7 Å². The second-order valence-corrected chi connectivity index (χ2v) is 8.10. The van der Waals surface area contributed by atoms with E-state index in [9.17, 15) is 5.11 Å². The predicted octanol–water partition coefficient (Wildman–Crippen LogP) is 2.61. The van der Waals surface area contributed by atoms with E-state index in [-0.39, 0.29) is 5.88 Å². The molecule has 1 aromatic carbocycles. The highest BCUT2D eigenvalue weighted by atomic mass is 32.1. The van der Waals surface area contributed by atoms with Crippen molar-refractivity contribution in [2.45, 2.75) is 19.3 Å². The van der Waals surface area contributed by atoms with Crippen molar-refractivity contribution in [2.24, 2.45) is 4.99 Å². The Labute approximate surface area is 160 Å². The molecule has 0 atom stereocenters. The molecule has 0 unspecified atom stereocenters. The minimum Gasteiger partial charge on any atom is -0.497 e. The van der Waals surface area contributed by atoms with E-state index < -0.39 is 0 Å². The smallest absolute Gasteiger partial charge is 0.326 e. The number of nitrogens with one attached hydrogen (secondary N) is 1. The number of H-pyrrole nitrogens is 1. The maximum atomic E-state index is 10.1. The molecular formula is C19H20N3O2S2+. The van der Waals surface area contributed by atoms with Crippen LogP contribution in [0.15, 0.2) is 28.8 Å². The van der Waals surface area contributed by atoms with Crippen molar-refractivity contribution >= 4 is 41.5 Å². The molecule has 7 heteroatoms. The van der Waals surface area contributed by atoms with E-state index in [1.807, 2.05) is 24.3 Å². The lowest BCUT2D eigenvalue weighted by Crippen LogP contribution is -2.35. The number of fused-ring (bicyclic) bond motifs is 1. The number of hydrogen-bond acceptors (Lipinski definition) is 4. The minimum absolute atomic E-state index is 0.107. The number of hydrogen-bond donors (Lipinski definition) is 2. The summed E-state index contributed by atoms with van der Waals surface area (Å²) in [6.07, 6.45) is 7.69. The summed E-state index contributed by atoms with van der Waals surface area (Å²) in [6.45, 7) is 2.01. The van der Waals surface area contributed by atoms with Gasteiger partial charge in [0.2, 0.25) is 5.88 Å². The Morgan fingerprint density at radius 2 is 2.12 bits per heavy atom. The third kappa shape index (κ3) is 3.37. The van der Waals surface area contributed by atoms with E-state index >= 15 is 0 Å². The van der Waals surface area contributed by atoms with Gasteiger partial charge in [-0.15, -0.1) is 11.3 Å². The molecule has 3 heterocycles. The van der Waals surface area contributed by atoms with Crippen LogP contribution in [0, 0.1) is 3.95 Å². The quantitative estimate of drug-likeness (QED) is 0.616. The van der Waals surface area contributed by atoms with E-state index in [0.717, 1.165) is 45.7 Å². The average Bonchev–Trinajstić information content (AvgIpc) is 2.98. The molecule has 0 amide bonds. The highest BCUT2D eigenvalue weighted by Crippen LogP contribution is 2.25. The van der Waals surface area contributed by atoms with Gasteiger partial charge in [0.05, 0.1) is 30.6 Å². The van der Waals surface area contributed by atoms with Gasteiger partial charge in [-0.05, 0) is 66.8 Å². The van der Waals surface area contributed by atoms with Crippen molar-refractivity contribution in [1.82, 2.24) is 4.98 Å². The molecule has 0 bridgehead atoms. The molecule has 2 N–H and O–H groups in total. The number of benzene rings is 1. The van der Waals surface area contributed by atoms with Gasteiger partial charge in [0, 0.05) is 5.22 Å². The molecule has 0 aliphatic carbocycles. The molecule has 5 nitrogen and oxygen atoms in total. The third-order valence-electron chi connectivity index (χ3n) is 4.63. The van der Waals surface area contributed by atoms with Gasteiger partial charge in [0.15, 0.2) is 9.31 Å². The van der Waals surface area contributed by atoms with Gasteiger partial charge in [-0.25, -0.2) is 0 Å². The zero-order valence-electron chi connectivity index (χ0n) is 14.5. The molecule has 2 aromatic rings. The van der Waals surface area contributed by atoms with Gasteiger partial charge in [-0.2, -0.15) is 0 Å². The van der Waals surface area contributed by atoms with Crippen molar-refractivity contribution in [1.29, 1.82) is 0 Å². The fourth-order valence-electron chi connectivity index (χ4n) is 3.32. The topological polar surface area (TPSA) is 60.6 Å². The standard InChI is InChI=1S/C19H19N3O2S2/c1-24-14-5-6-15-12(10-14)9-13(11-16-18(23)21-19(25)26-16)17(20-15)22-7-3-2-4-8-22/h5-6,9-11H,2-4,7-8H2,1H3,(H,21,23,25)/p+1. The number of piperidine rings is 1. The number of aromatic hydroxyl groups is 1. The fourth-order valence-corrected chi connectivity index (χ4v) is 4.37. The number of rotatable bonds is 2. The van der Waals surface area contributed by atoms with E-state index in [0.29, 0.717) is 3.95 Å². The number of methoxy groups -OCH3 is 1. The molecule has 0 radical (unpaired) electrons. The summed E-state index contributed by atoms with van der Waals surface area (Å²) in [7, 11) is 1.66. The van der Waals surface area contributed by atoms with Crippen molar-refractivity contribution in [3.63, 3.8) is 0 Å². The molecule has 2 aliphatic heterocycles. The van der Waals surface area contributed by atoms with Crippen molar-refractivity contribution in [3.8, 4) is 11.6 Å². The van der Waals surface area contributed by atoms with Crippen LogP contribution < -0.4 is 15.3 Å². The number of ether oxygens (including phenoxy) is 1. The number of amidine groups is 1. The molecule has 1 saturated heterocycles. The lowest BCUT2D eigenvalue weighted by Gasteiger charge is -2.15. The maximum Gasteiger partial charge on any atom is 0.326 e. The highest BCUT2D eigenvalue weighted by molar-refractivity contribution is 7.73. The first kappa shape index (κ1) is 17.2. The van der Waals surface area contributed by atoms with Crippen LogP contribution in [0.2, 0.25) is 0 Å². The molecule has 26 heavy (non-hydrogen) atoms. The molecule has 134 valence electrons. The number of nitrogens with zero attached hydrogens (tertiary/aromatic N) is 2. The van der Waals surface area contributed by atoms with Crippen LogP contribution in [0.1, 0.15) is 24.1 Å². The summed E-state index contributed by atoms with van der Waals surface area (Å²) in [5.74, 6) is 1.87. The van der Waals surface area contributed by atoms with Gasteiger partial charge in [-0.1, -0.05) is 0 Å². The van der Waals surface area contributed by atoms with Crippen LogP contribution in [0.25, 0.3) is 12.2 Å². The Kier molecular flexibility index (Phi) is 4.74. The monoisotopic (exact) mass is 386 g/mol. The van der Waals surface area contributed by atoms with Gasteiger partial charge in [0.25, 0.3) is 0 Å². The summed E-state index contributed by atoms with van der Waals surface area (Å²) < 4.78 is 8.24. The van der Waals surface area contributed by atoms with Gasteiger partial charge >= 0.3 is 5.84 Å². The SMILES string of the molecule is COc1ccc2c(c1)=C/C(=C\c1sc(=S)[nH]c1O)C(=[N+]1CCCCC1)N=2. The zero-order chi connectivity index (χ0) is 18.1. The molecule has 0 saturated carbocycles. The Bertz CT molecular complexity index is 1080. The van der Waals surface area contributed by atoms with E-state index in [4.69, 9.17) is 21.9 Å². The Balaban J connectivity index is 1.93. The molecule has 1 fully saturated rings. The lowest BCUT2D eigenvalue weighted by atomic mass is 10.1. The second-order valence-electron chi connectivity index (χ2n) is 6.38. The summed E-state index contributed by atoms with van der Waals surface area (Å²) >= 11 is 6.51. The predicted molar refractivity (Wildman–Crippen MR) is 106 cm³/mol. The minimum atomic E-state index is 0.107. The van der Waals surface area contributed by atoms with Crippen LogP contribution >= 0.6 is 23.6 Å². The number of thiazole rings is 1. The third-order valence-corrected chi connectivity index (χ3v) is 5.80. The molecule has 1 aromatic heterocycles. The van der Waals surface area contributed by atoms with Crippen molar-refractivity contribution in [2.75, 3.05) is 20.2 Å². The van der Waals surface area contributed by atoms with Gasteiger partial charge in [-0.3, -0.25) is 4.58 Å². The van der Waals surface area contributed by atoms with Gasteiger partial charge in [0.1, 0.15) is 5.75 Å². The largest absolute Gasteiger partial charge is 0.497 e. The Morgan fingerprint density at radius 1 is 1.31 bits per heavy atom. The van der Waals surface area contributed by atoms with Crippen molar-refractivity contribution < 1.29 is 14.4 Å². The summed E-state index contributed by atoms with van der Waals surface area (Å²) in [5.41, 5.74) is 0.980. The first-order valence-electron chi connectivity index (χ1n) is 8.64. The van der Waals surface area contributed by atoms with E-state index in [2.05, 4.69) is 15.6 Å². The van der Waals surface area contributed by atoms with Crippen LogP contribution in [0.3, 0.4) is 0 Å². The average molecular weight is 387 g/mol. The highest BCUT2D eigenvalue weighted by Gasteiger charge is 2.24. The van der Waals surface area contributed by atoms with Crippen LogP contribution in [-0.2, 0) is 0 Å². The first-order valence-corrected chi connectivity index (χ1v) is 9.87. The van der Waals surface area contributed by atoms with Gasteiger partial charge < -0.3 is 14.8 Å². The molecule has 4 rings (SSSR count). The Morgan fingerprint density at radius 3 is 2.81 bits per heavy atom. The number of aromatic amines is 1. The Hall–Kier alpha value is -2.25. The summed E-state index contributed by atoms with van der Waals surface area (Å²) in [5, 5.41) is 12.0. The fraction of sp³-hybridized carbons (Fsp3) is 0.316. The molecule has 2 aliphatic rings. The maximum absolute atomic E-state index is 10.1. The normalized spacial score (nSPS) is 18.3. The number of aromatic nitrogens is 1. The lowest BCUT2D eigenvalue weighted by molar-refractivity contribution is -0.537. The second kappa shape index (κ2) is 7.17.